The Morgan fingerprint density at radius 3 is 2.56 bits per heavy atom. The van der Waals surface area contributed by atoms with Gasteiger partial charge in [0, 0.05) is 31.0 Å². The van der Waals surface area contributed by atoms with Crippen molar-refractivity contribution in [3.8, 4) is 11.4 Å². The summed E-state index contributed by atoms with van der Waals surface area (Å²) in [4.78, 5) is 16.5. The first-order valence-electron chi connectivity index (χ1n) is 9.45. The van der Waals surface area contributed by atoms with E-state index in [0.29, 0.717) is 37.0 Å². The van der Waals surface area contributed by atoms with Crippen LogP contribution in [0.15, 0.2) is 28.8 Å². The maximum absolute atomic E-state index is 12.1. The van der Waals surface area contributed by atoms with Crippen LogP contribution in [0, 0.1) is 0 Å². The first-order chi connectivity index (χ1) is 12.5. The van der Waals surface area contributed by atoms with Gasteiger partial charge in [0.15, 0.2) is 0 Å². The van der Waals surface area contributed by atoms with Crippen molar-refractivity contribution in [2.24, 2.45) is 5.73 Å². The first kappa shape index (κ1) is 23.1. The van der Waals surface area contributed by atoms with Crippen molar-refractivity contribution in [3.05, 3.63) is 35.7 Å². The third-order valence-electron chi connectivity index (χ3n) is 4.43. The fourth-order valence-electron chi connectivity index (χ4n) is 2.71. The summed E-state index contributed by atoms with van der Waals surface area (Å²) in [6, 6.07) is 8.19. The van der Waals surface area contributed by atoms with Gasteiger partial charge in [-0.05, 0) is 17.9 Å². The molecule has 1 unspecified atom stereocenters. The molecule has 0 radical (unpaired) electrons. The Labute approximate surface area is 167 Å². The Balaban J connectivity index is 0.00000364. The molecule has 3 N–H and O–H groups in total. The minimum absolute atomic E-state index is 0. The van der Waals surface area contributed by atoms with Gasteiger partial charge in [-0.2, -0.15) is 4.98 Å². The van der Waals surface area contributed by atoms with Crippen molar-refractivity contribution in [1.29, 1.82) is 0 Å². The van der Waals surface area contributed by atoms with Crippen molar-refractivity contribution >= 4 is 18.3 Å². The molecule has 1 aromatic carbocycles. The lowest BCUT2D eigenvalue weighted by Crippen LogP contribution is -2.40. The molecule has 150 valence electrons. The van der Waals surface area contributed by atoms with Gasteiger partial charge in [-0.15, -0.1) is 12.4 Å². The van der Waals surface area contributed by atoms with Crippen LogP contribution in [0.2, 0.25) is 0 Å². The average Bonchev–Trinajstić information content (AvgIpc) is 3.12. The zero-order valence-electron chi connectivity index (χ0n) is 16.4. The van der Waals surface area contributed by atoms with E-state index in [9.17, 15) is 4.79 Å². The minimum atomic E-state index is -0.0300. The molecule has 1 heterocycles. The average molecular weight is 395 g/mol. The van der Waals surface area contributed by atoms with E-state index in [1.165, 1.54) is 5.56 Å². The smallest absolute Gasteiger partial charge is 0.227 e. The van der Waals surface area contributed by atoms with E-state index in [4.69, 9.17) is 10.3 Å². The second kappa shape index (κ2) is 11.7. The lowest BCUT2D eigenvalue weighted by atomic mass is 10.0. The van der Waals surface area contributed by atoms with Gasteiger partial charge in [0.2, 0.25) is 17.6 Å². The van der Waals surface area contributed by atoms with E-state index in [1.807, 2.05) is 12.1 Å². The molecule has 6 nitrogen and oxygen atoms in total. The molecule has 0 saturated heterocycles. The predicted octanol–water partition coefficient (Wildman–Crippen LogP) is 3.85. The summed E-state index contributed by atoms with van der Waals surface area (Å²) >= 11 is 0. The number of nitrogens with zero attached hydrogens (tertiary/aromatic N) is 2. The van der Waals surface area contributed by atoms with Crippen molar-refractivity contribution < 1.29 is 9.32 Å². The summed E-state index contributed by atoms with van der Waals surface area (Å²) in [5.74, 6) is 1.48. The third kappa shape index (κ3) is 7.31. The number of aromatic nitrogens is 2. The maximum atomic E-state index is 12.1. The number of carbonyl (C=O) groups excluding carboxylic acids is 1. The predicted molar refractivity (Wildman–Crippen MR) is 110 cm³/mol. The largest absolute Gasteiger partial charge is 0.352 e. The molecule has 0 saturated carbocycles. The molecule has 27 heavy (non-hydrogen) atoms. The van der Waals surface area contributed by atoms with Crippen LogP contribution in [0.5, 0.6) is 0 Å². The molecule has 1 amide bonds. The van der Waals surface area contributed by atoms with Crippen LogP contribution >= 0.6 is 12.4 Å². The van der Waals surface area contributed by atoms with E-state index >= 15 is 0 Å². The Bertz CT molecular complexity index is 686. The van der Waals surface area contributed by atoms with Crippen LogP contribution < -0.4 is 11.1 Å². The molecule has 0 fully saturated rings. The van der Waals surface area contributed by atoms with Crippen LogP contribution in [-0.2, 0) is 11.2 Å². The number of unbranched alkanes of at least 4 members (excludes halogenated alkanes) is 1. The number of benzene rings is 1. The zero-order valence-corrected chi connectivity index (χ0v) is 17.2. The normalized spacial score (nSPS) is 11.9. The summed E-state index contributed by atoms with van der Waals surface area (Å²) in [6.45, 7) is 6.90. The summed E-state index contributed by atoms with van der Waals surface area (Å²) in [6.07, 6.45) is 3.81. The van der Waals surface area contributed by atoms with E-state index in [0.717, 1.165) is 24.8 Å². The standard InChI is InChI=1S/C20H30N4O2.ClH/c1-4-5-6-17(13-21)22-18(25)11-12-19-23-20(24-26-19)16-9-7-15(8-10-16)14(2)3;/h7-10,14,17H,4-6,11-13,21H2,1-3H3,(H,22,25);1H. The quantitative estimate of drug-likeness (QED) is 0.638. The monoisotopic (exact) mass is 394 g/mol. The molecule has 0 aliphatic carbocycles. The molecule has 0 aliphatic rings. The Morgan fingerprint density at radius 1 is 1.26 bits per heavy atom. The highest BCUT2D eigenvalue weighted by Crippen LogP contribution is 2.20. The summed E-state index contributed by atoms with van der Waals surface area (Å²) in [5.41, 5.74) is 7.89. The second-order valence-electron chi connectivity index (χ2n) is 6.93. The van der Waals surface area contributed by atoms with Gasteiger partial charge in [0.1, 0.15) is 0 Å². The van der Waals surface area contributed by atoms with Crippen LogP contribution in [0.4, 0.5) is 0 Å². The van der Waals surface area contributed by atoms with E-state index in [-0.39, 0.29) is 24.4 Å². The number of amides is 1. The Morgan fingerprint density at radius 2 is 1.96 bits per heavy atom. The fraction of sp³-hybridized carbons (Fsp3) is 0.550. The highest BCUT2D eigenvalue weighted by Gasteiger charge is 2.13. The summed E-state index contributed by atoms with van der Waals surface area (Å²) in [5, 5.41) is 6.99. The number of rotatable bonds is 10. The fourth-order valence-corrected chi connectivity index (χ4v) is 2.71. The number of nitrogens with two attached hydrogens (primary N) is 1. The number of hydrogen-bond donors (Lipinski definition) is 2. The molecule has 0 aliphatic heterocycles. The zero-order chi connectivity index (χ0) is 18.9. The van der Waals surface area contributed by atoms with Crippen LogP contribution in [0.25, 0.3) is 11.4 Å². The van der Waals surface area contributed by atoms with Crippen molar-refractivity contribution in [1.82, 2.24) is 15.5 Å². The van der Waals surface area contributed by atoms with Crippen LogP contribution in [0.3, 0.4) is 0 Å². The first-order valence-corrected chi connectivity index (χ1v) is 9.45. The summed E-state index contributed by atoms with van der Waals surface area (Å²) in [7, 11) is 0. The number of aryl methyl sites for hydroxylation is 1. The number of carbonyl (C=O) groups is 1. The molecule has 0 spiro atoms. The van der Waals surface area contributed by atoms with Gasteiger partial charge < -0.3 is 15.6 Å². The summed E-state index contributed by atoms with van der Waals surface area (Å²) < 4.78 is 5.28. The number of nitrogens with one attached hydrogen (secondary N) is 1. The number of hydrogen-bond acceptors (Lipinski definition) is 5. The Hall–Kier alpha value is -1.92. The molecule has 7 heteroatoms. The van der Waals surface area contributed by atoms with Crippen LogP contribution in [-0.4, -0.2) is 28.6 Å². The highest BCUT2D eigenvalue weighted by molar-refractivity contribution is 5.85. The van der Waals surface area contributed by atoms with Gasteiger partial charge in [0.05, 0.1) is 0 Å². The molecule has 0 bridgehead atoms. The lowest BCUT2D eigenvalue weighted by Gasteiger charge is -2.15. The maximum Gasteiger partial charge on any atom is 0.227 e. The molecule has 1 aromatic heterocycles. The van der Waals surface area contributed by atoms with Gasteiger partial charge in [-0.1, -0.05) is 63.0 Å². The van der Waals surface area contributed by atoms with Gasteiger partial charge in [-0.25, -0.2) is 0 Å². The van der Waals surface area contributed by atoms with Crippen molar-refractivity contribution in [2.75, 3.05) is 6.54 Å². The Kier molecular flexibility index (Phi) is 10.0. The molecular formula is C20H31ClN4O2. The van der Waals surface area contributed by atoms with E-state index < -0.39 is 0 Å². The SMILES string of the molecule is CCCCC(CN)NC(=O)CCc1nc(-c2ccc(C(C)C)cc2)no1.Cl. The van der Waals surface area contributed by atoms with E-state index in [1.54, 1.807) is 0 Å². The second-order valence-corrected chi connectivity index (χ2v) is 6.93. The van der Waals surface area contributed by atoms with Crippen LogP contribution in [0.1, 0.15) is 63.8 Å². The molecular weight excluding hydrogens is 364 g/mol. The van der Waals surface area contributed by atoms with Crippen molar-refractivity contribution in [3.63, 3.8) is 0 Å². The molecule has 1 atom stereocenters. The van der Waals surface area contributed by atoms with Crippen molar-refractivity contribution in [2.45, 2.75) is 64.8 Å². The topological polar surface area (TPSA) is 94.0 Å². The van der Waals surface area contributed by atoms with E-state index in [2.05, 4.69) is 48.4 Å². The highest BCUT2D eigenvalue weighted by atomic mass is 35.5. The molecule has 2 rings (SSSR count). The van der Waals surface area contributed by atoms with Gasteiger partial charge >= 0.3 is 0 Å². The number of halogens is 1. The molecule has 2 aromatic rings. The van der Waals surface area contributed by atoms with Gasteiger partial charge in [0.25, 0.3) is 0 Å². The minimum Gasteiger partial charge on any atom is -0.352 e. The van der Waals surface area contributed by atoms with Gasteiger partial charge in [-0.3, -0.25) is 4.79 Å². The lowest BCUT2D eigenvalue weighted by molar-refractivity contribution is -0.121. The third-order valence-corrected chi connectivity index (χ3v) is 4.43.